The number of halogens is 1. The molecule has 2 nitrogen and oxygen atoms in total. The first-order valence-corrected chi connectivity index (χ1v) is 6.17. The van der Waals surface area contributed by atoms with Crippen molar-refractivity contribution in [3.63, 3.8) is 0 Å². The van der Waals surface area contributed by atoms with Crippen LogP contribution in [-0.2, 0) is 11.3 Å². The van der Waals surface area contributed by atoms with Gasteiger partial charge in [0.05, 0.1) is 12.2 Å². The molecule has 3 heteroatoms. The van der Waals surface area contributed by atoms with Crippen molar-refractivity contribution in [1.29, 1.82) is 0 Å². The Morgan fingerprint density at radius 1 is 1.16 bits per heavy atom. The van der Waals surface area contributed by atoms with Crippen LogP contribution in [0.2, 0.25) is 0 Å². The third-order valence-corrected chi connectivity index (χ3v) is 2.87. The van der Waals surface area contributed by atoms with E-state index in [1.54, 1.807) is 12.1 Å². The fourth-order valence-electron chi connectivity index (χ4n) is 1.91. The van der Waals surface area contributed by atoms with Gasteiger partial charge in [0, 0.05) is 12.2 Å². The van der Waals surface area contributed by atoms with E-state index in [4.69, 9.17) is 4.74 Å². The van der Waals surface area contributed by atoms with E-state index in [-0.39, 0.29) is 12.2 Å². The van der Waals surface area contributed by atoms with E-state index in [0.29, 0.717) is 18.5 Å². The molecule has 0 fully saturated rings. The summed E-state index contributed by atoms with van der Waals surface area (Å²) in [5.74, 6) is -0.497. The normalized spacial score (nSPS) is 10.4. The summed E-state index contributed by atoms with van der Waals surface area (Å²) in [6.45, 7) is 2.52. The fraction of sp³-hybridized carbons (Fsp3) is 0.188. The van der Waals surface area contributed by atoms with Crippen LogP contribution in [-0.4, -0.2) is 12.9 Å². The SMILES string of the molecule is CCOCc1cc(-c2ccccc2)cc(C=O)c1F. The van der Waals surface area contributed by atoms with Gasteiger partial charge in [0.2, 0.25) is 0 Å². The summed E-state index contributed by atoms with van der Waals surface area (Å²) >= 11 is 0. The molecule has 0 unspecified atom stereocenters. The van der Waals surface area contributed by atoms with Crippen LogP contribution in [0.25, 0.3) is 11.1 Å². The Hall–Kier alpha value is -2.00. The summed E-state index contributed by atoms with van der Waals surface area (Å²) in [7, 11) is 0. The molecule has 0 amide bonds. The van der Waals surface area contributed by atoms with Crippen molar-refractivity contribution in [2.45, 2.75) is 13.5 Å². The molecule has 0 atom stereocenters. The minimum atomic E-state index is -0.497. The summed E-state index contributed by atoms with van der Waals surface area (Å²) in [6, 6.07) is 12.9. The van der Waals surface area contributed by atoms with Crippen LogP contribution in [0.4, 0.5) is 4.39 Å². The quantitative estimate of drug-likeness (QED) is 0.762. The van der Waals surface area contributed by atoms with Crippen LogP contribution in [0.5, 0.6) is 0 Å². The number of ether oxygens (including phenoxy) is 1. The summed E-state index contributed by atoms with van der Waals surface area (Å²) in [5, 5.41) is 0. The second-order valence-corrected chi connectivity index (χ2v) is 4.16. The van der Waals surface area contributed by atoms with Gasteiger partial charge in [-0.25, -0.2) is 4.39 Å². The van der Waals surface area contributed by atoms with Crippen LogP contribution in [0, 0.1) is 5.82 Å². The molecule has 0 aromatic heterocycles. The summed E-state index contributed by atoms with van der Waals surface area (Å²) in [5.41, 5.74) is 2.24. The number of hydrogen-bond acceptors (Lipinski definition) is 2. The zero-order chi connectivity index (χ0) is 13.7. The lowest BCUT2D eigenvalue weighted by molar-refractivity contribution is 0.111. The molecule has 0 aliphatic heterocycles. The standard InChI is InChI=1S/C16H15FO2/c1-2-19-11-15-9-13(8-14(10-18)16(15)17)12-6-4-3-5-7-12/h3-10H,2,11H2,1H3. The maximum atomic E-state index is 14.0. The van der Waals surface area contributed by atoms with Gasteiger partial charge < -0.3 is 4.74 Å². The molecule has 0 N–H and O–H groups in total. The van der Waals surface area contributed by atoms with Crippen LogP contribution in [0.3, 0.4) is 0 Å². The maximum Gasteiger partial charge on any atom is 0.153 e. The van der Waals surface area contributed by atoms with Crippen LogP contribution < -0.4 is 0 Å². The molecule has 0 spiro atoms. The number of rotatable bonds is 5. The van der Waals surface area contributed by atoms with Gasteiger partial charge in [-0.1, -0.05) is 30.3 Å². The summed E-state index contributed by atoms with van der Waals surface area (Å²) < 4.78 is 19.2. The van der Waals surface area contributed by atoms with Crippen molar-refractivity contribution in [2.75, 3.05) is 6.61 Å². The zero-order valence-electron chi connectivity index (χ0n) is 10.7. The van der Waals surface area contributed by atoms with E-state index in [0.717, 1.165) is 11.1 Å². The maximum absolute atomic E-state index is 14.0. The van der Waals surface area contributed by atoms with E-state index in [2.05, 4.69) is 0 Å². The van der Waals surface area contributed by atoms with E-state index in [9.17, 15) is 9.18 Å². The number of hydrogen-bond donors (Lipinski definition) is 0. The molecule has 0 bridgehead atoms. The molecular weight excluding hydrogens is 243 g/mol. The average Bonchev–Trinajstić information content (AvgIpc) is 2.47. The molecule has 2 aromatic carbocycles. The van der Waals surface area contributed by atoms with Crippen molar-refractivity contribution >= 4 is 6.29 Å². The Labute approximate surface area is 111 Å². The van der Waals surface area contributed by atoms with Crippen molar-refractivity contribution in [3.05, 3.63) is 59.4 Å². The van der Waals surface area contributed by atoms with Crippen LogP contribution in [0.1, 0.15) is 22.8 Å². The lowest BCUT2D eigenvalue weighted by atomic mass is 10.00. The van der Waals surface area contributed by atoms with Gasteiger partial charge in [-0.05, 0) is 30.2 Å². The van der Waals surface area contributed by atoms with E-state index in [1.165, 1.54) is 0 Å². The first-order chi connectivity index (χ1) is 9.26. The van der Waals surface area contributed by atoms with Crippen molar-refractivity contribution in [3.8, 4) is 11.1 Å². The first-order valence-electron chi connectivity index (χ1n) is 6.17. The molecule has 0 aliphatic rings. The Morgan fingerprint density at radius 2 is 1.89 bits per heavy atom. The highest BCUT2D eigenvalue weighted by Gasteiger charge is 2.11. The minimum absolute atomic E-state index is 0.0658. The second kappa shape index (κ2) is 6.25. The number of carbonyl (C=O) groups excluding carboxylic acids is 1. The van der Waals surface area contributed by atoms with Gasteiger partial charge in [-0.15, -0.1) is 0 Å². The van der Waals surface area contributed by atoms with Crippen molar-refractivity contribution < 1.29 is 13.9 Å². The number of carbonyl (C=O) groups is 1. The van der Waals surface area contributed by atoms with Crippen LogP contribution >= 0.6 is 0 Å². The monoisotopic (exact) mass is 258 g/mol. The molecule has 0 aliphatic carbocycles. The first kappa shape index (κ1) is 13.4. The van der Waals surface area contributed by atoms with Crippen molar-refractivity contribution in [2.24, 2.45) is 0 Å². The Balaban J connectivity index is 2.47. The largest absolute Gasteiger partial charge is 0.377 e. The second-order valence-electron chi connectivity index (χ2n) is 4.16. The van der Waals surface area contributed by atoms with Gasteiger partial charge >= 0.3 is 0 Å². The zero-order valence-corrected chi connectivity index (χ0v) is 10.7. The van der Waals surface area contributed by atoms with E-state index >= 15 is 0 Å². The van der Waals surface area contributed by atoms with Crippen LogP contribution in [0.15, 0.2) is 42.5 Å². The predicted octanol–water partition coefficient (Wildman–Crippen LogP) is 3.84. The fourth-order valence-corrected chi connectivity index (χ4v) is 1.91. The summed E-state index contributed by atoms with van der Waals surface area (Å²) in [6.07, 6.45) is 0.539. The molecular formula is C16H15FO2. The molecule has 0 radical (unpaired) electrons. The van der Waals surface area contributed by atoms with Crippen molar-refractivity contribution in [1.82, 2.24) is 0 Å². The van der Waals surface area contributed by atoms with E-state index < -0.39 is 5.82 Å². The van der Waals surface area contributed by atoms with Gasteiger partial charge in [-0.2, -0.15) is 0 Å². The Morgan fingerprint density at radius 3 is 2.53 bits per heavy atom. The molecule has 0 heterocycles. The third kappa shape index (κ3) is 3.06. The Bertz CT molecular complexity index is 564. The molecule has 0 saturated heterocycles. The smallest absolute Gasteiger partial charge is 0.153 e. The molecule has 0 saturated carbocycles. The Kier molecular flexibility index (Phi) is 4.42. The molecule has 98 valence electrons. The van der Waals surface area contributed by atoms with Gasteiger partial charge in [0.25, 0.3) is 0 Å². The molecule has 19 heavy (non-hydrogen) atoms. The highest BCUT2D eigenvalue weighted by atomic mass is 19.1. The lowest BCUT2D eigenvalue weighted by Crippen LogP contribution is -2.00. The van der Waals surface area contributed by atoms with E-state index in [1.807, 2.05) is 37.3 Å². The topological polar surface area (TPSA) is 26.3 Å². The lowest BCUT2D eigenvalue weighted by Gasteiger charge is -2.09. The highest BCUT2D eigenvalue weighted by molar-refractivity contribution is 5.80. The average molecular weight is 258 g/mol. The molecule has 2 aromatic rings. The molecule has 2 rings (SSSR count). The van der Waals surface area contributed by atoms with Gasteiger partial charge in [-0.3, -0.25) is 4.79 Å². The predicted molar refractivity (Wildman–Crippen MR) is 72.6 cm³/mol. The number of benzene rings is 2. The minimum Gasteiger partial charge on any atom is -0.377 e. The van der Waals surface area contributed by atoms with Gasteiger partial charge in [0.15, 0.2) is 6.29 Å². The van der Waals surface area contributed by atoms with Gasteiger partial charge in [0.1, 0.15) is 5.82 Å². The number of aldehydes is 1. The summed E-state index contributed by atoms with van der Waals surface area (Å²) in [4.78, 5) is 11.0. The highest BCUT2D eigenvalue weighted by Crippen LogP contribution is 2.24. The third-order valence-electron chi connectivity index (χ3n) is 2.87.